The Morgan fingerprint density at radius 2 is 1.88 bits per heavy atom. The molecule has 2 heterocycles. The summed E-state index contributed by atoms with van der Waals surface area (Å²) < 4.78 is 11.5. The maximum Gasteiger partial charge on any atom is 0.158 e. The molecule has 1 aromatic rings. The number of ether oxygens (including phenoxy) is 2. The summed E-state index contributed by atoms with van der Waals surface area (Å²) in [5.41, 5.74) is 3.07. The molecule has 0 radical (unpaired) electrons. The third-order valence-electron chi connectivity index (χ3n) is 4.41. The van der Waals surface area contributed by atoms with Crippen molar-refractivity contribution < 1.29 is 9.47 Å². The summed E-state index contributed by atoms with van der Waals surface area (Å²) in [7, 11) is 0. The van der Waals surface area contributed by atoms with E-state index in [1.807, 2.05) is 0 Å². The molecule has 3 aliphatic rings. The largest absolute Gasteiger partial charge is 0.350 e. The molecule has 84 valence electrons. The van der Waals surface area contributed by atoms with Gasteiger partial charge in [-0.2, -0.15) is 0 Å². The first-order chi connectivity index (χ1) is 7.90. The average Bonchev–Trinajstić information content (AvgIpc) is 2.71. The van der Waals surface area contributed by atoms with Crippen LogP contribution in [-0.2, 0) is 22.3 Å². The van der Waals surface area contributed by atoms with E-state index in [2.05, 4.69) is 24.3 Å². The minimum Gasteiger partial charge on any atom is -0.350 e. The Hall–Kier alpha value is -0.860. The molecule has 0 amide bonds. The first kappa shape index (κ1) is 9.20. The maximum absolute atomic E-state index is 5.86. The Morgan fingerprint density at radius 3 is 2.75 bits per heavy atom. The zero-order valence-electron chi connectivity index (χ0n) is 9.26. The van der Waals surface area contributed by atoms with Crippen molar-refractivity contribution in [1.29, 1.82) is 0 Å². The molecule has 0 spiro atoms. The van der Waals surface area contributed by atoms with E-state index in [1.54, 1.807) is 5.56 Å². The summed E-state index contributed by atoms with van der Waals surface area (Å²) in [6.07, 6.45) is 3.95. The molecule has 2 nitrogen and oxygen atoms in total. The van der Waals surface area contributed by atoms with Gasteiger partial charge in [0.25, 0.3) is 0 Å². The number of fused-ring (bicyclic) bond motifs is 5. The van der Waals surface area contributed by atoms with E-state index in [4.69, 9.17) is 9.47 Å². The molecule has 1 aliphatic carbocycles. The topological polar surface area (TPSA) is 18.5 Å². The number of rotatable bonds is 0. The molecule has 2 fully saturated rings. The van der Waals surface area contributed by atoms with Crippen LogP contribution in [0.3, 0.4) is 0 Å². The zero-order valence-corrected chi connectivity index (χ0v) is 9.26. The number of benzene rings is 1. The number of hydrogen-bond donors (Lipinski definition) is 0. The van der Waals surface area contributed by atoms with Crippen LogP contribution in [0.15, 0.2) is 24.3 Å². The lowest BCUT2D eigenvalue weighted by Gasteiger charge is -2.39. The predicted molar refractivity (Wildman–Crippen MR) is 60.1 cm³/mol. The highest BCUT2D eigenvalue weighted by Gasteiger charge is 2.45. The van der Waals surface area contributed by atoms with Gasteiger partial charge in [0.05, 0.1) is 12.7 Å². The third-order valence-corrected chi connectivity index (χ3v) is 4.41. The molecule has 0 unspecified atom stereocenters. The Kier molecular flexibility index (Phi) is 1.91. The van der Waals surface area contributed by atoms with Crippen LogP contribution in [0.4, 0.5) is 0 Å². The average molecular weight is 216 g/mol. The molecule has 2 saturated heterocycles. The highest BCUT2D eigenvalue weighted by Crippen LogP contribution is 2.43. The van der Waals surface area contributed by atoms with E-state index in [0.717, 1.165) is 18.9 Å². The first-order valence-corrected chi connectivity index (χ1v) is 6.24. The van der Waals surface area contributed by atoms with Crippen LogP contribution in [0.5, 0.6) is 0 Å². The first-order valence-electron chi connectivity index (χ1n) is 6.24. The summed E-state index contributed by atoms with van der Waals surface area (Å²) in [6, 6.07) is 8.86. The van der Waals surface area contributed by atoms with Gasteiger partial charge in [-0.15, -0.1) is 0 Å². The molecule has 4 rings (SSSR count). The van der Waals surface area contributed by atoms with Crippen LogP contribution < -0.4 is 0 Å². The van der Waals surface area contributed by atoms with Crippen molar-refractivity contribution in [3.05, 3.63) is 35.4 Å². The van der Waals surface area contributed by atoms with Gasteiger partial charge in [0.15, 0.2) is 6.29 Å². The molecular formula is C14H16O2. The van der Waals surface area contributed by atoms with E-state index < -0.39 is 0 Å². The molecule has 2 heteroatoms. The summed E-state index contributed by atoms with van der Waals surface area (Å²) in [4.78, 5) is 0. The second-order valence-corrected chi connectivity index (χ2v) is 5.27. The van der Waals surface area contributed by atoms with Gasteiger partial charge >= 0.3 is 0 Å². The van der Waals surface area contributed by atoms with Gasteiger partial charge in [-0.05, 0) is 35.8 Å². The standard InChI is InChI=1S/C14H16O2/c1-2-4-10-6-12-11(5-9(10)3-1)7-14-15-8-13(12)16-14/h1-4,11-14H,5-8H2/t11-,12+,13-,14+/m1/s1. The fourth-order valence-electron chi connectivity index (χ4n) is 3.57. The summed E-state index contributed by atoms with van der Waals surface area (Å²) in [5, 5.41) is 0. The highest BCUT2D eigenvalue weighted by atomic mass is 16.7. The third kappa shape index (κ3) is 1.26. The Balaban J connectivity index is 1.70. The molecular weight excluding hydrogens is 200 g/mol. The van der Waals surface area contributed by atoms with Crippen LogP contribution in [0.1, 0.15) is 17.5 Å². The van der Waals surface area contributed by atoms with Crippen molar-refractivity contribution in [3.8, 4) is 0 Å². The molecule has 4 atom stereocenters. The van der Waals surface area contributed by atoms with E-state index in [-0.39, 0.29) is 6.29 Å². The maximum atomic E-state index is 5.86. The van der Waals surface area contributed by atoms with Gasteiger partial charge in [0.1, 0.15) is 0 Å². The van der Waals surface area contributed by atoms with Crippen molar-refractivity contribution in [1.82, 2.24) is 0 Å². The lowest BCUT2D eigenvalue weighted by atomic mass is 9.71. The van der Waals surface area contributed by atoms with Gasteiger partial charge in [0, 0.05) is 6.42 Å². The zero-order chi connectivity index (χ0) is 10.5. The summed E-state index contributed by atoms with van der Waals surface area (Å²) >= 11 is 0. The van der Waals surface area contributed by atoms with Crippen molar-refractivity contribution in [2.75, 3.05) is 6.61 Å². The van der Waals surface area contributed by atoms with Crippen LogP contribution in [0, 0.1) is 11.8 Å². The minimum absolute atomic E-state index is 0.0940. The van der Waals surface area contributed by atoms with Crippen LogP contribution in [0.25, 0.3) is 0 Å². The van der Waals surface area contributed by atoms with E-state index in [9.17, 15) is 0 Å². The Morgan fingerprint density at radius 1 is 1.06 bits per heavy atom. The fourth-order valence-corrected chi connectivity index (χ4v) is 3.57. The number of hydrogen-bond acceptors (Lipinski definition) is 2. The van der Waals surface area contributed by atoms with E-state index >= 15 is 0 Å². The Bertz CT molecular complexity index is 415. The quantitative estimate of drug-likeness (QED) is 0.661. The van der Waals surface area contributed by atoms with Crippen LogP contribution in [0.2, 0.25) is 0 Å². The predicted octanol–water partition coefficient (Wildman–Crippen LogP) is 2.16. The molecule has 1 aromatic carbocycles. The summed E-state index contributed by atoms with van der Waals surface area (Å²) in [5.74, 6) is 1.47. The second kappa shape index (κ2) is 3.31. The smallest absolute Gasteiger partial charge is 0.158 e. The Labute approximate surface area is 95.6 Å². The van der Waals surface area contributed by atoms with Crippen LogP contribution in [-0.4, -0.2) is 19.0 Å². The lowest BCUT2D eigenvalue weighted by Crippen LogP contribution is -2.40. The van der Waals surface area contributed by atoms with Crippen molar-refractivity contribution in [2.45, 2.75) is 31.7 Å². The molecule has 2 aliphatic heterocycles. The molecule has 0 aromatic heterocycles. The van der Waals surface area contributed by atoms with Gasteiger partial charge in [-0.1, -0.05) is 24.3 Å². The van der Waals surface area contributed by atoms with Gasteiger partial charge in [-0.3, -0.25) is 0 Å². The van der Waals surface area contributed by atoms with Gasteiger partial charge in [-0.25, -0.2) is 0 Å². The monoisotopic (exact) mass is 216 g/mol. The van der Waals surface area contributed by atoms with Crippen LogP contribution >= 0.6 is 0 Å². The van der Waals surface area contributed by atoms with E-state index in [0.29, 0.717) is 12.0 Å². The van der Waals surface area contributed by atoms with Gasteiger partial charge < -0.3 is 9.47 Å². The normalized spacial score (nSPS) is 40.2. The summed E-state index contributed by atoms with van der Waals surface area (Å²) in [6.45, 7) is 0.813. The van der Waals surface area contributed by atoms with Crippen molar-refractivity contribution in [2.24, 2.45) is 11.8 Å². The molecule has 0 N–H and O–H groups in total. The molecule has 16 heavy (non-hydrogen) atoms. The molecule has 2 bridgehead atoms. The van der Waals surface area contributed by atoms with Crippen molar-refractivity contribution >= 4 is 0 Å². The second-order valence-electron chi connectivity index (χ2n) is 5.27. The van der Waals surface area contributed by atoms with Crippen molar-refractivity contribution in [3.63, 3.8) is 0 Å². The fraction of sp³-hybridized carbons (Fsp3) is 0.571. The minimum atomic E-state index is 0.0940. The lowest BCUT2D eigenvalue weighted by molar-refractivity contribution is -0.121. The van der Waals surface area contributed by atoms with E-state index in [1.165, 1.54) is 18.4 Å². The SMILES string of the molecule is c1ccc2c(c1)C[C@@H]1C[C@H]3OC[C@@H](O3)[C@H]1C2. The highest BCUT2D eigenvalue weighted by molar-refractivity contribution is 5.31. The van der Waals surface area contributed by atoms with Gasteiger partial charge in [0.2, 0.25) is 0 Å². The molecule has 0 saturated carbocycles.